The largest absolute Gasteiger partial charge is 0.381 e. The molecule has 1 N–H and O–H groups in total. The summed E-state index contributed by atoms with van der Waals surface area (Å²) < 4.78 is 6.67. The van der Waals surface area contributed by atoms with Crippen LogP contribution in [-0.4, -0.2) is 30.6 Å². The van der Waals surface area contributed by atoms with E-state index < -0.39 is 0 Å². The van der Waals surface area contributed by atoms with Crippen molar-refractivity contribution in [3.8, 4) is 0 Å². The van der Waals surface area contributed by atoms with Gasteiger partial charge in [-0.05, 0) is 48.7 Å². The number of benzene rings is 2. The summed E-state index contributed by atoms with van der Waals surface area (Å²) in [6.45, 7) is 1.96. The summed E-state index contributed by atoms with van der Waals surface area (Å²) in [6, 6.07) is 15.9. The lowest BCUT2D eigenvalue weighted by atomic mass is 9.74. The molecule has 0 aliphatic carbocycles. The van der Waals surface area contributed by atoms with Gasteiger partial charge in [-0.2, -0.15) is 0 Å². The van der Waals surface area contributed by atoms with Gasteiger partial charge in [-0.15, -0.1) is 11.3 Å². The van der Waals surface area contributed by atoms with Gasteiger partial charge in [0.2, 0.25) is 5.91 Å². The number of carbonyl (C=O) groups excluding carboxylic acids is 1. The number of nitrogens with zero attached hydrogens (tertiary/aromatic N) is 1. The number of carbonyl (C=O) groups is 1. The number of para-hydroxylation sites is 1. The molecule has 0 bridgehead atoms. The van der Waals surface area contributed by atoms with E-state index in [4.69, 9.17) is 16.3 Å². The number of aromatic nitrogens is 1. The van der Waals surface area contributed by atoms with Crippen molar-refractivity contribution in [2.45, 2.75) is 18.3 Å². The maximum absolute atomic E-state index is 12.4. The number of thiazole rings is 1. The minimum absolute atomic E-state index is 0.112. The van der Waals surface area contributed by atoms with Gasteiger partial charge in [-0.1, -0.05) is 35.9 Å². The predicted molar refractivity (Wildman–Crippen MR) is 115 cm³/mol. The van der Waals surface area contributed by atoms with Crippen LogP contribution < -0.4 is 5.32 Å². The highest BCUT2D eigenvalue weighted by Gasteiger charge is 2.34. The summed E-state index contributed by atoms with van der Waals surface area (Å²) >= 11 is 7.62. The van der Waals surface area contributed by atoms with Crippen LogP contribution in [0.3, 0.4) is 0 Å². The van der Waals surface area contributed by atoms with Crippen molar-refractivity contribution >= 4 is 45.1 Å². The molecule has 1 aliphatic rings. The molecular formula is C22H21ClN2O2S. The summed E-state index contributed by atoms with van der Waals surface area (Å²) in [6.07, 6.45) is 5.08. The fourth-order valence-electron chi connectivity index (χ4n) is 3.56. The van der Waals surface area contributed by atoms with Crippen LogP contribution in [0.2, 0.25) is 5.02 Å². The maximum Gasteiger partial charge on any atom is 0.244 e. The van der Waals surface area contributed by atoms with E-state index in [9.17, 15) is 4.79 Å². The van der Waals surface area contributed by atoms with Crippen LogP contribution in [0.1, 0.15) is 23.4 Å². The van der Waals surface area contributed by atoms with Crippen molar-refractivity contribution in [3.63, 3.8) is 0 Å². The van der Waals surface area contributed by atoms with Crippen LogP contribution in [-0.2, 0) is 14.9 Å². The minimum Gasteiger partial charge on any atom is -0.381 e. The van der Waals surface area contributed by atoms with Crippen LogP contribution >= 0.6 is 22.9 Å². The van der Waals surface area contributed by atoms with E-state index in [1.165, 1.54) is 5.56 Å². The molecule has 2 aromatic carbocycles. The Kier molecular flexibility index (Phi) is 5.76. The van der Waals surface area contributed by atoms with Gasteiger partial charge in [-0.3, -0.25) is 4.79 Å². The second-order valence-corrected chi connectivity index (χ2v) is 8.47. The van der Waals surface area contributed by atoms with Crippen molar-refractivity contribution in [1.82, 2.24) is 10.3 Å². The van der Waals surface area contributed by atoms with Gasteiger partial charge in [0.1, 0.15) is 5.01 Å². The monoisotopic (exact) mass is 412 g/mol. The molecule has 1 amide bonds. The van der Waals surface area contributed by atoms with E-state index in [2.05, 4.69) is 22.4 Å². The number of rotatable bonds is 5. The minimum atomic E-state index is -0.123. The van der Waals surface area contributed by atoms with E-state index in [1.807, 2.05) is 36.4 Å². The van der Waals surface area contributed by atoms with Crippen LogP contribution in [0.4, 0.5) is 0 Å². The normalized spacial score (nSPS) is 16.5. The molecule has 0 unspecified atom stereocenters. The molecule has 3 aromatic rings. The zero-order valence-corrected chi connectivity index (χ0v) is 16.9. The Balaban J connectivity index is 1.44. The highest BCUT2D eigenvalue weighted by molar-refractivity contribution is 7.19. The highest BCUT2D eigenvalue weighted by Crippen LogP contribution is 2.35. The van der Waals surface area contributed by atoms with Crippen LogP contribution in [0, 0.1) is 0 Å². The molecule has 0 saturated carbocycles. The second-order valence-electron chi connectivity index (χ2n) is 6.97. The quantitative estimate of drug-likeness (QED) is 0.611. The van der Waals surface area contributed by atoms with Crippen molar-refractivity contribution < 1.29 is 9.53 Å². The lowest BCUT2D eigenvalue weighted by Crippen LogP contribution is -2.44. The third kappa shape index (κ3) is 4.27. The van der Waals surface area contributed by atoms with Gasteiger partial charge in [0.05, 0.1) is 10.2 Å². The number of fused-ring (bicyclic) bond motifs is 1. The molecule has 28 heavy (non-hydrogen) atoms. The zero-order chi connectivity index (χ0) is 19.4. The van der Waals surface area contributed by atoms with Gasteiger partial charge in [-0.25, -0.2) is 4.98 Å². The van der Waals surface area contributed by atoms with E-state index in [-0.39, 0.29) is 11.3 Å². The number of nitrogens with one attached hydrogen (secondary N) is 1. The first-order chi connectivity index (χ1) is 13.6. The lowest BCUT2D eigenvalue weighted by molar-refractivity contribution is -0.116. The highest BCUT2D eigenvalue weighted by atomic mass is 35.5. The Bertz CT molecular complexity index is 958. The molecule has 1 fully saturated rings. The number of amides is 1. The molecule has 0 atom stereocenters. The number of hydrogen-bond donors (Lipinski definition) is 1. The van der Waals surface area contributed by atoms with E-state index in [0.29, 0.717) is 24.8 Å². The molecule has 6 heteroatoms. The third-order valence-corrected chi connectivity index (χ3v) is 6.45. The Morgan fingerprint density at radius 3 is 2.68 bits per heavy atom. The standard InChI is InChI=1S/C22H21ClN2O2S/c23-17-7-5-16(6-8-17)22(11-13-27-14-12-22)15-24-20(26)9-10-21-25-18-3-1-2-4-19(18)28-21/h1-10H,11-15H2,(H,24,26)/b10-9+. The Hall–Kier alpha value is -2.21. The Labute approximate surface area is 173 Å². The van der Waals surface area contributed by atoms with Crippen molar-refractivity contribution in [2.75, 3.05) is 19.8 Å². The second kappa shape index (κ2) is 8.43. The number of ether oxygens (including phenoxy) is 1. The van der Waals surface area contributed by atoms with Crippen molar-refractivity contribution in [2.24, 2.45) is 0 Å². The fourth-order valence-corrected chi connectivity index (χ4v) is 4.55. The Morgan fingerprint density at radius 1 is 1.18 bits per heavy atom. The summed E-state index contributed by atoms with van der Waals surface area (Å²) in [5.74, 6) is -0.112. The van der Waals surface area contributed by atoms with E-state index in [1.54, 1.807) is 23.5 Å². The zero-order valence-electron chi connectivity index (χ0n) is 15.4. The molecule has 2 heterocycles. The van der Waals surface area contributed by atoms with E-state index in [0.717, 1.165) is 28.1 Å². The SMILES string of the molecule is O=C(/C=C/c1nc2ccccc2s1)NCC1(c2ccc(Cl)cc2)CCOCC1. The molecule has 1 aromatic heterocycles. The average Bonchev–Trinajstić information content (AvgIpc) is 3.15. The molecule has 1 saturated heterocycles. The molecular weight excluding hydrogens is 392 g/mol. The smallest absolute Gasteiger partial charge is 0.244 e. The molecule has 0 spiro atoms. The molecule has 1 aliphatic heterocycles. The number of hydrogen-bond acceptors (Lipinski definition) is 4. The van der Waals surface area contributed by atoms with Gasteiger partial charge >= 0.3 is 0 Å². The summed E-state index contributed by atoms with van der Waals surface area (Å²) in [7, 11) is 0. The first-order valence-electron chi connectivity index (χ1n) is 9.30. The molecule has 0 radical (unpaired) electrons. The lowest BCUT2D eigenvalue weighted by Gasteiger charge is -2.37. The van der Waals surface area contributed by atoms with Crippen molar-refractivity contribution in [1.29, 1.82) is 0 Å². The number of halogens is 1. The summed E-state index contributed by atoms with van der Waals surface area (Å²) in [4.78, 5) is 17.0. The van der Waals surface area contributed by atoms with Gasteiger partial charge in [0, 0.05) is 36.3 Å². The first kappa shape index (κ1) is 19.1. The van der Waals surface area contributed by atoms with Crippen LogP contribution in [0.5, 0.6) is 0 Å². The Morgan fingerprint density at radius 2 is 1.93 bits per heavy atom. The third-order valence-electron chi connectivity index (χ3n) is 5.20. The van der Waals surface area contributed by atoms with Crippen molar-refractivity contribution in [3.05, 3.63) is 70.2 Å². The molecule has 4 rings (SSSR count). The van der Waals surface area contributed by atoms with Gasteiger partial charge in [0.25, 0.3) is 0 Å². The maximum atomic E-state index is 12.4. The fraction of sp³-hybridized carbons (Fsp3) is 0.273. The summed E-state index contributed by atoms with van der Waals surface area (Å²) in [5.41, 5.74) is 2.02. The molecule has 144 valence electrons. The topological polar surface area (TPSA) is 51.2 Å². The predicted octanol–water partition coefficient (Wildman–Crippen LogP) is 4.83. The average molecular weight is 413 g/mol. The summed E-state index contributed by atoms with van der Waals surface area (Å²) in [5, 5.41) is 4.62. The first-order valence-corrected chi connectivity index (χ1v) is 10.5. The molecule has 4 nitrogen and oxygen atoms in total. The van der Waals surface area contributed by atoms with Crippen LogP contribution in [0.25, 0.3) is 16.3 Å². The van der Waals surface area contributed by atoms with E-state index >= 15 is 0 Å². The van der Waals surface area contributed by atoms with Crippen LogP contribution in [0.15, 0.2) is 54.6 Å². The van der Waals surface area contributed by atoms with Gasteiger partial charge in [0.15, 0.2) is 0 Å². The van der Waals surface area contributed by atoms with Gasteiger partial charge < -0.3 is 10.1 Å².